The second-order valence-corrected chi connectivity index (χ2v) is 4.83. The Labute approximate surface area is 99.5 Å². The Morgan fingerprint density at radius 2 is 2.00 bits per heavy atom. The van der Waals surface area contributed by atoms with E-state index in [9.17, 15) is 0 Å². The number of rotatable bonds is 5. The summed E-state index contributed by atoms with van der Waals surface area (Å²) in [6, 6.07) is 6.92. The molecule has 0 heterocycles. The van der Waals surface area contributed by atoms with E-state index in [-0.39, 0.29) is 0 Å². The van der Waals surface area contributed by atoms with Gasteiger partial charge in [-0.2, -0.15) is 0 Å². The van der Waals surface area contributed by atoms with Crippen molar-refractivity contribution in [3.05, 3.63) is 29.3 Å². The van der Waals surface area contributed by atoms with Crippen LogP contribution in [0.15, 0.2) is 18.2 Å². The minimum atomic E-state index is 0.313. The Morgan fingerprint density at radius 1 is 1.31 bits per heavy atom. The molecule has 0 saturated carbocycles. The number of aryl methyl sites for hydroxylation is 2. The van der Waals surface area contributed by atoms with E-state index in [1.165, 1.54) is 16.8 Å². The molecular weight excluding hydrogens is 196 g/mol. The van der Waals surface area contributed by atoms with Gasteiger partial charge in [-0.05, 0) is 45.2 Å². The van der Waals surface area contributed by atoms with Crippen molar-refractivity contribution in [2.24, 2.45) is 5.73 Å². The van der Waals surface area contributed by atoms with Crippen LogP contribution in [-0.4, -0.2) is 19.6 Å². The highest BCUT2D eigenvalue weighted by Gasteiger charge is 2.04. The molecule has 0 aliphatic carbocycles. The van der Waals surface area contributed by atoms with E-state index >= 15 is 0 Å². The average Bonchev–Trinajstić information content (AvgIpc) is 2.16. The molecule has 1 atom stereocenters. The van der Waals surface area contributed by atoms with Gasteiger partial charge in [0, 0.05) is 25.3 Å². The van der Waals surface area contributed by atoms with Crippen molar-refractivity contribution in [3.63, 3.8) is 0 Å². The van der Waals surface area contributed by atoms with Crippen LogP contribution in [0, 0.1) is 13.8 Å². The smallest absolute Gasteiger partial charge is 0.0393 e. The second kappa shape index (κ2) is 5.90. The molecule has 0 aliphatic heterocycles. The summed E-state index contributed by atoms with van der Waals surface area (Å²) in [5, 5.41) is 0. The van der Waals surface area contributed by atoms with Crippen LogP contribution < -0.4 is 10.6 Å². The second-order valence-electron chi connectivity index (χ2n) is 4.83. The van der Waals surface area contributed by atoms with Gasteiger partial charge in [0.1, 0.15) is 0 Å². The van der Waals surface area contributed by atoms with E-state index in [1.807, 2.05) is 0 Å². The minimum absolute atomic E-state index is 0.313. The number of hydrogen-bond acceptors (Lipinski definition) is 2. The van der Waals surface area contributed by atoms with E-state index in [4.69, 9.17) is 5.73 Å². The summed E-state index contributed by atoms with van der Waals surface area (Å²) in [5.41, 5.74) is 9.75. The van der Waals surface area contributed by atoms with Crippen LogP contribution in [0.1, 0.15) is 30.9 Å². The first-order valence-electron chi connectivity index (χ1n) is 6.04. The quantitative estimate of drug-likeness (QED) is 0.826. The van der Waals surface area contributed by atoms with E-state index in [2.05, 4.69) is 50.9 Å². The Balaban J connectivity index is 2.55. The molecule has 0 spiro atoms. The third-order valence-corrected chi connectivity index (χ3v) is 2.92. The van der Waals surface area contributed by atoms with E-state index in [0.29, 0.717) is 6.04 Å². The molecule has 2 nitrogen and oxygen atoms in total. The summed E-state index contributed by atoms with van der Waals surface area (Å²) in [4.78, 5) is 2.32. The molecule has 0 bridgehead atoms. The summed E-state index contributed by atoms with van der Waals surface area (Å²) < 4.78 is 0. The lowest BCUT2D eigenvalue weighted by Gasteiger charge is -2.22. The van der Waals surface area contributed by atoms with Gasteiger partial charge in [-0.1, -0.05) is 17.7 Å². The predicted octanol–water partition coefficient (Wildman–Crippen LogP) is 2.87. The molecule has 2 heteroatoms. The summed E-state index contributed by atoms with van der Waals surface area (Å²) in [6.07, 6.45) is 2.25. The van der Waals surface area contributed by atoms with Crippen molar-refractivity contribution in [1.82, 2.24) is 0 Å². The third kappa shape index (κ3) is 3.86. The largest absolute Gasteiger partial charge is 0.374 e. The molecule has 0 amide bonds. The van der Waals surface area contributed by atoms with Crippen LogP contribution in [0.4, 0.5) is 5.69 Å². The molecule has 0 saturated heterocycles. The van der Waals surface area contributed by atoms with Gasteiger partial charge in [-0.15, -0.1) is 0 Å². The van der Waals surface area contributed by atoms with Crippen LogP contribution in [0.5, 0.6) is 0 Å². The first-order valence-corrected chi connectivity index (χ1v) is 6.04. The molecule has 0 aromatic heterocycles. The molecule has 90 valence electrons. The zero-order valence-electron chi connectivity index (χ0n) is 11.0. The monoisotopic (exact) mass is 220 g/mol. The van der Waals surface area contributed by atoms with Gasteiger partial charge >= 0.3 is 0 Å². The summed E-state index contributed by atoms with van der Waals surface area (Å²) >= 11 is 0. The van der Waals surface area contributed by atoms with Crippen molar-refractivity contribution >= 4 is 5.69 Å². The zero-order valence-corrected chi connectivity index (χ0v) is 11.0. The highest BCUT2D eigenvalue weighted by molar-refractivity contribution is 5.53. The van der Waals surface area contributed by atoms with Crippen molar-refractivity contribution < 1.29 is 0 Å². The normalized spacial score (nSPS) is 12.6. The van der Waals surface area contributed by atoms with Crippen LogP contribution in [0.2, 0.25) is 0 Å². The molecule has 2 N–H and O–H groups in total. The van der Waals surface area contributed by atoms with Gasteiger partial charge < -0.3 is 10.6 Å². The fourth-order valence-corrected chi connectivity index (χ4v) is 2.00. The predicted molar refractivity (Wildman–Crippen MR) is 72.1 cm³/mol. The third-order valence-electron chi connectivity index (χ3n) is 2.92. The van der Waals surface area contributed by atoms with Crippen molar-refractivity contribution in [3.8, 4) is 0 Å². The van der Waals surface area contributed by atoms with E-state index in [1.54, 1.807) is 0 Å². The van der Waals surface area contributed by atoms with Gasteiger partial charge in [-0.3, -0.25) is 0 Å². The molecule has 0 fully saturated rings. The lowest BCUT2D eigenvalue weighted by Crippen LogP contribution is -2.22. The molecule has 16 heavy (non-hydrogen) atoms. The highest BCUT2D eigenvalue weighted by Crippen LogP contribution is 2.20. The maximum absolute atomic E-state index is 5.75. The molecule has 1 rings (SSSR count). The van der Waals surface area contributed by atoms with Gasteiger partial charge in [-0.25, -0.2) is 0 Å². The van der Waals surface area contributed by atoms with Gasteiger partial charge in [0.25, 0.3) is 0 Å². The minimum Gasteiger partial charge on any atom is -0.374 e. The molecule has 1 unspecified atom stereocenters. The van der Waals surface area contributed by atoms with Gasteiger partial charge in [0.05, 0.1) is 0 Å². The number of anilines is 1. The number of nitrogens with zero attached hydrogens (tertiary/aromatic N) is 1. The molecule has 0 aliphatic rings. The van der Waals surface area contributed by atoms with Gasteiger partial charge in [0.15, 0.2) is 0 Å². The number of nitrogens with two attached hydrogens (primary N) is 1. The first-order chi connectivity index (χ1) is 7.50. The Morgan fingerprint density at radius 3 is 2.56 bits per heavy atom. The van der Waals surface area contributed by atoms with Gasteiger partial charge in [0.2, 0.25) is 0 Å². The van der Waals surface area contributed by atoms with Crippen molar-refractivity contribution in [2.75, 3.05) is 18.5 Å². The first kappa shape index (κ1) is 13.0. The highest BCUT2D eigenvalue weighted by atomic mass is 15.1. The lowest BCUT2D eigenvalue weighted by molar-refractivity contribution is 0.621. The standard InChI is InChI=1S/C14H24N2/c1-11-7-8-14(12(2)10-11)16(4)9-5-6-13(3)15/h7-8,10,13H,5-6,9,15H2,1-4H3. The SMILES string of the molecule is Cc1ccc(N(C)CCCC(C)N)c(C)c1. The summed E-state index contributed by atoms with van der Waals surface area (Å²) in [7, 11) is 2.15. The maximum Gasteiger partial charge on any atom is 0.0393 e. The number of benzene rings is 1. The lowest BCUT2D eigenvalue weighted by atomic mass is 10.1. The van der Waals surface area contributed by atoms with Crippen molar-refractivity contribution in [1.29, 1.82) is 0 Å². The fraction of sp³-hybridized carbons (Fsp3) is 0.571. The van der Waals surface area contributed by atoms with E-state index in [0.717, 1.165) is 19.4 Å². The Hall–Kier alpha value is -1.02. The summed E-state index contributed by atoms with van der Waals surface area (Å²) in [6.45, 7) is 7.44. The Kier molecular flexibility index (Phi) is 4.81. The zero-order chi connectivity index (χ0) is 12.1. The fourth-order valence-electron chi connectivity index (χ4n) is 2.00. The summed E-state index contributed by atoms with van der Waals surface area (Å²) in [5.74, 6) is 0. The topological polar surface area (TPSA) is 29.3 Å². The van der Waals surface area contributed by atoms with Crippen LogP contribution >= 0.6 is 0 Å². The van der Waals surface area contributed by atoms with Crippen molar-refractivity contribution in [2.45, 2.75) is 39.7 Å². The number of hydrogen-bond donors (Lipinski definition) is 1. The maximum atomic E-state index is 5.75. The molecule has 1 aromatic carbocycles. The van der Waals surface area contributed by atoms with Crippen LogP contribution in [-0.2, 0) is 0 Å². The molecule has 0 radical (unpaired) electrons. The molecule has 1 aromatic rings. The average molecular weight is 220 g/mol. The molecular formula is C14H24N2. The Bertz CT molecular complexity index is 332. The van der Waals surface area contributed by atoms with Crippen LogP contribution in [0.25, 0.3) is 0 Å². The van der Waals surface area contributed by atoms with E-state index < -0.39 is 0 Å². The van der Waals surface area contributed by atoms with Crippen LogP contribution in [0.3, 0.4) is 0 Å².